The van der Waals surface area contributed by atoms with E-state index in [1.807, 2.05) is 51.1 Å². The fourth-order valence-corrected chi connectivity index (χ4v) is 3.06. The van der Waals surface area contributed by atoms with Gasteiger partial charge in [-0.25, -0.2) is 9.69 Å². The molecule has 1 aromatic rings. The Morgan fingerprint density at radius 1 is 1.18 bits per heavy atom. The van der Waals surface area contributed by atoms with Crippen LogP contribution in [0.3, 0.4) is 0 Å². The van der Waals surface area contributed by atoms with Crippen molar-refractivity contribution in [3.8, 4) is 0 Å². The molecular formula is C22H31NO5. The quantitative estimate of drug-likeness (QED) is 0.682. The highest BCUT2D eigenvalue weighted by Gasteiger charge is 2.44. The summed E-state index contributed by atoms with van der Waals surface area (Å²) >= 11 is 0. The van der Waals surface area contributed by atoms with E-state index in [9.17, 15) is 14.4 Å². The van der Waals surface area contributed by atoms with Gasteiger partial charge in [0.05, 0.1) is 11.3 Å². The molecule has 0 bridgehead atoms. The molecule has 154 valence electrons. The predicted octanol–water partition coefficient (Wildman–Crippen LogP) is 4.20. The molecule has 1 fully saturated rings. The molecular weight excluding hydrogens is 358 g/mol. The fourth-order valence-electron chi connectivity index (χ4n) is 3.06. The summed E-state index contributed by atoms with van der Waals surface area (Å²) in [6.45, 7) is 11.3. The van der Waals surface area contributed by atoms with Crippen LogP contribution in [-0.2, 0) is 19.1 Å². The number of esters is 1. The number of hydrogen-bond acceptors (Lipinski definition) is 5. The summed E-state index contributed by atoms with van der Waals surface area (Å²) in [5, 5.41) is 0. The van der Waals surface area contributed by atoms with E-state index in [0.29, 0.717) is 0 Å². The number of hydrogen-bond donors (Lipinski definition) is 0. The minimum absolute atomic E-state index is 0.0560. The van der Waals surface area contributed by atoms with Crippen molar-refractivity contribution in [3.63, 3.8) is 0 Å². The van der Waals surface area contributed by atoms with E-state index in [2.05, 4.69) is 0 Å². The van der Waals surface area contributed by atoms with Crippen LogP contribution in [-0.4, -0.2) is 36.1 Å². The largest absolute Gasteiger partial charge is 0.464 e. The van der Waals surface area contributed by atoms with E-state index in [1.165, 1.54) is 4.90 Å². The van der Waals surface area contributed by atoms with Gasteiger partial charge in [-0.2, -0.15) is 0 Å². The first-order valence-corrected chi connectivity index (χ1v) is 9.76. The highest BCUT2D eigenvalue weighted by atomic mass is 16.6. The Kier molecular flexibility index (Phi) is 6.86. The lowest BCUT2D eigenvalue weighted by Gasteiger charge is -2.31. The standard InChI is InChI=1S/C22H31NO5/c1-14(2)15(3)17(12-27-20(25)22(4,5)6)19(24)23-18(13-28-21(23)26)16-10-8-7-9-11-16/h7-11,14-15,17-18H,12-13H2,1-6H3/t15-,17+,18-/m0/s1. The van der Waals surface area contributed by atoms with Gasteiger partial charge in [0.1, 0.15) is 19.3 Å². The highest BCUT2D eigenvalue weighted by molar-refractivity contribution is 5.95. The van der Waals surface area contributed by atoms with Crippen molar-refractivity contribution in [1.82, 2.24) is 4.90 Å². The molecule has 1 heterocycles. The van der Waals surface area contributed by atoms with E-state index in [1.54, 1.807) is 20.8 Å². The van der Waals surface area contributed by atoms with Gasteiger partial charge in [-0.05, 0) is 38.2 Å². The first-order chi connectivity index (χ1) is 13.0. The third kappa shape index (κ3) is 4.91. The second-order valence-corrected chi connectivity index (χ2v) is 8.77. The highest BCUT2D eigenvalue weighted by Crippen LogP contribution is 2.32. The number of rotatable bonds is 6. The molecule has 0 N–H and O–H groups in total. The van der Waals surface area contributed by atoms with Gasteiger partial charge in [-0.1, -0.05) is 51.1 Å². The lowest BCUT2D eigenvalue weighted by atomic mass is 9.84. The van der Waals surface area contributed by atoms with Gasteiger partial charge in [0.2, 0.25) is 5.91 Å². The van der Waals surface area contributed by atoms with Crippen molar-refractivity contribution >= 4 is 18.0 Å². The number of ether oxygens (including phenoxy) is 2. The first kappa shape index (κ1) is 21.9. The van der Waals surface area contributed by atoms with Crippen LogP contribution in [0, 0.1) is 23.2 Å². The van der Waals surface area contributed by atoms with E-state index in [0.717, 1.165) is 5.56 Å². The average molecular weight is 389 g/mol. The number of benzene rings is 1. The summed E-state index contributed by atoms with van der Waals surface area (Å²) in [6.07, 6.45) is -0.651. The fraction of sp³-hybridized carbons (Fsp3) is 0.591. The van der Waals surface area contributed by atoms with Gasteiger partial charge in [-0.3, -0.25) is 9.59 Å². The van der Waals surface area contributed by atoms with E-state index < -0.39 is 23.5 Å². The van der Waals surface area contributed by atoms with E-state index in [4.69, 9.17) is 9.47 Å². The van der Waals surface area contributed by atoms with Crippen molar-refractivity contribution in [2.45, 2.75) is 47.6 Å². The summed E-state index contributed by atoms with van der Waals surface area (Å²) in [5.74, 6) is -1.26. The van der Waals surface area contributed by atoms with Crippen LogP contribution in [0.1, 0.15) is 53.1 Å². The molecule has 6 nitrogen and oxygen atoms in total. The second kappa shape index (κ2) is 8.76. The molecule has 0 radical (unpaired) electrons. The van der Waals surface area contributed by atoms with Crippen LogP contribution in [0.25, 0.3) is 0 Å². The van der Waals surface area contributed by atoms with E-state index in [-0.39, 0.29) is 36.9 Å². The number of carbonyl (C=O) groups excluding carboxylic acids is 3. The molecule has 1 aromatic carbocycles. The molecule has 1 aliphatic rings. The van der Waals surface area contributed by atoms with Gasteiger partial charge >= 0.3 is 12.1 Å². The number of nitrogens with zero attached hydrogens (tertiary/aromatic N) is 1. The third-order valence-electron chi connectivity index (χ3n) is 5.30. The summed E-state index contributed by atoms with van der Waals surface area (Å²) in [4.78, 5) is 39.2. The van der Waals surface area contributed by atoms with Gasteiger partial charge in [0.25, 0.3) is 0 Å². The van der Waals surface area contributed by atoms with Crippen LogP contribution in [0.2, 0.25) is 0 Å². The first-order valence-electron chi connectivity index (χ1n) is 9.76. The Hall–Kier alpha value is -2.37. The molecule has 28 heavy (non-hydrogen) atoms. The van der Waals surface area contributed by atoms with Crippen LogP contribution in [0.15, 0.2) is 30.3 Å². The van der Waals surface area contributed by atoms with Crippen LogP contribution < -0.4 is 0 Å². The minimum Gasteiger partial charge on any atom is -0.464 e. The van der Waals surface area contributed by atoms with Crippen molar-refractivity contribution < 1.29 is 23.9 Å². The number of carbonyl (C=O) groups is 3. The zero-order chi connectivity index (χ0) is 21.1. The molecule has 0 unspecified atom stereocenters. The zero-order valence-corrected chi connectivity index (χ0v) is 17.6. The molecule has 1 saturated heterocycles. The molecule has 6 heteroatoms. The normalized spacial score (nSPS) is 19.3. The second-order valence-electron chi connectivity index (χ2n) is 8.77. The Labute approximate surface area is 167 Å². The molecule has 2 amide bonds. The Balaban J connectivity index is 2.26. The molecule has 0 aliphatic carbocycles. The van der Waals surface area contributed by atoms with Gasteiger partial charge in [0.15, 0.2) is 0 Å². The van der Waals surface area contributed by atoms with Crippen molar-refractivity contribution in [2.75, 3.05) is 13.2 Å². The Morgan fingerprint density at radius 3 is 2.32 bits per heavy atom. The number of amides is 2. The maximum Gasteiger partial charge on any atom is 0.417 e. The lowest BCUT2D eigenvalue weighted by molar-refractivity contribution is -0.157. The van der Waals surface area contributed by atoms with Gasteiger partial charge < -0.3 is 9.47 Å². The Morgan fingerprint density at radius 2 is 1.79 bits per heavy atom. The SMILES string of the molecule is CC(C)[C@H](C)[C@@H](COC(=O)C(C)(C)C)C(=O)N1C(=O)OC[C@H]1c1ccccc1. The maximum atomic E-state index is 13.4. The summed E-state index contributed by atoms with van der Waals surface area (Å²) < 4.78 is 10.6. The minimum atomic E-state index is -0.659. The number of imide groups is 1. The smallest absolute Gasteiger partial charge is 0.417 e. The zero-order valence-electron chi connectivity index (χ0n) is 17.6. The molecule has 0 aromatic heterocycles. The van der Waals surface area contributed by atoms with Gasteiger partial charge in [0, 0.05) is 0 Å². The molecule has 0 spiro atoms. The van der Waals surface area contributed by atoms with Crippen LogP contribution in [0.4, 0.5) is 4.79 Å². The Bertz CT molecular complexity index is 707. The van der Waals surface area contributed by atoms with Crippen molar-refractivity contribution in [3.05, 3.63) is 35.9 Å². The topological polar surface area (TPSA) is 72.9 Å². The van der Waals surface area contributed by atoms with Crippen LogP contribution >= 0.6 is 0 Å². The molecule has 1 aliphatic heterocycles. The van der Waals surface area contributed by atoms with Gasteiger partial charge in [-0.15, -0.1) is 0 Å². The summed E-state index contributed by atoms with van der Waals surface area (Å²) in [5.41, 5.74) is 0.178. The molecule has 0 saturated carbocycles. The monoisotopic (exact) mass is 389 g/mol. The molecule has 2 rings (SSSR count). The number of cyclic esters (lactones) is 1. The summed E-state index contributed by atoms with van der Waals surface area (Å²) in [7, 11) is 0. The van der Waals surface area contributed by atoms with Crippen molar-refractivity contribution in [1.29, 1.82) is 0 Å². The van der Waals surface area contributed by atoms with Crippen LogP contribution in [0.5, 0.6) is 0 Å². The average Bonchev–Trinajstić information content (AvgIpc) is 3.02. The van der Waals surface area contributed by atoms with E-state index >= 15 is 0 Å². The van der Waals surface area contributed by atoms with Crippen molar-refractivity contribution in [2.24, 2.45) is 23.2 Å². The predicted molar refractivity (Wildman–Crippen MR) is 105 cm³/mol. The lowest BCUT2D eigenvalue weighted by Crippen LogP contribution is -2.44. The summed E-state index contributed by atoms with van der Waals surface area (Å²) in [6, 6.07) is 8.87. The molecule has 3 atom stereocenters. The maximum absolute atomic E-state index is 13.4. The third-order valence-corrected chi connectivity index (χ3v) is 5.30.